The third-order valence-electron chi connectivity index (χ3n) is 3.23. The number of carbonyl (C=O) groups is 2. The fraction of sp³-hybridized carbons (Fsp3) is 0.500. The predicted molar refractivity (Wildman–Crippen MR) is 89.5 cm³/mol. The number of rotatable bonds is 6. The second kappa shape index (κ2) is 8.78. The van der Waals surface area contributed by atoms with Gasteiger partial charge in [-0.05, 0) is 31.4 Å². The molecular formula is C16H23BrN2O3. The van der Waals surface area contributed by atoms with E-state index in [9.17, 15) is 9.59 Å². The maximum Gasteiger partial charge on any atom is 0.407 e. The molecule has 0 radical (unpaired) electrons. The number of carbonyl (C=O) groups excluding carboxylic acids is 2. The summed E-state index contributed by atoms with van der Waals surface area (Å²) in [6.07, 6.45) is -0.579. The zero-order valence-electron chi connectivity index (χ0n) is 13.4. The van der Waals surface area contributed by atoms with Crippen LogP contribution in [-0.2, 0) is 9.53 Å². The van der Waals surface area contributed by atoms with Gasteiger partial charge in [0, 0.05) is 4.47 Å². The maximum atomic E-state index is 12.4. The number of hydrogen-bond donors (Lipinski definition) is 2. The van der Waals surface area contributed by atoms with E-state index in [1.807, 2.05) is 45.0 Å². The molecule has 2 amide bonds. The first kappa shape index (κ1) is 18.5. The molecule has 1 rings (SSSR count). The quantitative estimate of drug-likeness (QED) is 0.806. The van der Waals surface area contributed by atoms with Crippen LogP contribution in [0.3, 0.4) is 0 Å². The van der Waals surface area contributed by atoms with Gasteiger partial charge >= 0.3 is 6.09 Å². The van der Waals surface area contributed by atoms with Crippen molar-refractivity contribution in [2.75, 3.05) is 6.61 Å². The molecule has 1 aromatic rings. The van der Waals surface area contributed by atoms with E-state index in [4.69, 9.17) is 4.74 Å². The van der Waals surface area contributed by atoms with E-state index in [1.54, 1.807) is 6.92 Å². The fourth-order valence-corrected chi connectivity index (χ4v) is 2.67. The molecule has 0 bridgehead atoms. The molecule has 0 fully saturated rings. The van der Waals surface area contributed by atoms with Gasteiger partial charge in [0.2, 0.25) is 5.91 Å². The van der Waals surface area contributed by atoms with Crippen molar-refractivity contribution in [3.63, 3.8) is 0 Å². The molecule has 5 nitrogen and oxygen atoms in total. The minimum absolute atomic E-state index is 0.0455. The number of benzene rings is 1. The second-order valence-electron chi connectivity index (χ2n) is 5.34. The fourth-order valence-electron chi connectivity index (χ4n) is 2.04. The third-order valence-corrected chi connectivity index (χ3v) is 3.95. The number of ether oxygens (including phenoxy) is 1. The van der Waals surface area contributed by atoms with Gasteiger partial charge in [-0.25, -0.2) is 4.79 Å². The lowest BCUT2D eigenvalue weighted by atomic mass is 10.0. The summed E-state index contributed by atoms with van der Waals surface area (Å²) in [5.41, 5.74) is 0.981. The Morgan fingerprint density at radius 1 is 1.18 bits per heavy atom. The molecule has 0 aromatic heterocycles. The largest absolute Gasteiger partial charge is 0.450 e. The van der Waals surface area contributed by atoms with Crippen molar-refractivity contribution < 1.29 is 14.3 Å². The Hall–Kier alpha value is -1.56. The molecule has 0 saturated carbocycles. The van der Waals surface area contributed by atoms with E-state index in [2.05, 4.69) is 26.6 Å². The Balaban J connectivity index is 2.75. The number of nitrogens with one attached hydrogen (secondary N) is 2. The van der Waals surface area contributed by atoms with Crippen LogP contribution in [-0.4, -0.2) is 24.6 Å². The first-order valence-corrected chi connectivity index (χ1v) is 8.14. The molecule has 2 atom stereocenters. The molecule has 2 N–H and O–H groups in total. The Bertz CT molecular complexity index is 520. The van der Waals surface area contributed by atoms with E-state index in [1.165, 1.54) is 0 Å². The van der Waals surface area contributed by atoms with Gasteiger partial charge < -0.3 is 15.4 Å². The number of alkyl carbamates (subject to hydrolysis) is 1. The highest BCUT2D eigenvalue weighted by Gasteiger charge is 2.26. The first-order chi connectivity index (χ1) is 10.4. The van der Waals surface area contributed by atoms with Crippen molar-refractivity contribution in [2.45, 2.75) is 39.8 Å². The smallest absolute Gasteiger partial charge is 0.407 e. The summed E-state index contributed by atoms with van der Waals surface area (Å²) in [5, 5.41) is 5.53. The van der Waals surface area contributed by atoms with Crippen molar-refractivity contribution in [3.05, 3.63) is 34.3 Å². The van der Waals surface area contributed by atoms with Crippen LogP contribution in [0, 0.1) is 5.92 Å². The van der Waals surface area contributed by atoms with Crippen LogP contribution in [0.1, 0.15) is 39.3 Å². The van der Waals surface area contributed by atoms with E-state index >= 15 is 0 Å². The zero-order valence-corrected chi connectivity index (χ0v) is 14.9. The Kier molecular flexibility index (Phi) is 7.38. The summed E-state index contributed by atoms with van der Waals surface area (Å²) in [7, 11) is 0. The SMILES string of the molecule is CCOC(=O)N[C@H](C(=O)N[C@@H](C)c1ccccc1Br)C(C)C. The van der Waals surface area contributed by atoms with Crippen LogP contribution in [0.2, 0.25) is 0 Å². The van der Waals surface area contributed by atoms with Gasteiger partial charge in [-0.15, -0.1) is 0 Å². The average Bonchev–Trinajstić information content (AvgIpc) is 2.44. The van der Waals surface area contributed by atoms with Gasteiger partial charge in [-0.3, -0.25) is 4.79 Å². The summed E-state index contributed by atoms with van der Waals surface area (Å²) < 4.78 is 5.78. The summed E-state index contributed by atoms with van der Waals surface area (Å²) in [6.45, 7) is 7.64. The minimum Gasteiger partial charge on any atom is -0.450 e. The molecule has 122 valence electrons. The van der Waals surface area contributed by atoms with Crippen LogP contribution in [0.25, 0.3) is 0 Å². The zero-order chi connectivity index (χ0) is 16.7. The molecule has 6 heteroatoms. The molecule has 22 heavy (non-hydrogen) atoms. The van der Waals surface area contributed by atoms with E-state index in [-0.39, 0.29) is 24.5 Å². The second-order valence-corrected chi connectivity index (χ2v) is 6.19. The van der Waals surface area contributed by atoms with Crippen molar-refractivity contribution >= 4 is 27.9 Å². The van der Waals surface area contributed by atoms with Gasteiger partial charge in [0.15, 0.2) is 0 Å². The molecule has 0 aliphatic carbocycles. The summed E-state index contributed by atoms with van der Waals surface area (Å²) in [6, 6.07) is 6.89. The Morgan fingerprint density at radius 2 is 1.82 bits per heavy atom. The monoisotopic (exact) mass is 370 g/mol. The van der Waals surface area contributed by atoms with Crippen LogP contribution in [0.4, 0.5) is 4.79 Å². The van der Waals surface area contributed by atoms with Gasteiger partial charge in [-0.2, -0.15) is 0 Å². The topological polar surface area (TPSA) is 67.4 Å². The van der Waals surface area contributed by atoms with Crippen LogP contribution < -0.4 is 10.6 Å². The third kappa shape index (κ3) is 5.33. The number of hydrogen-bond acceptors (Lipinski definition) is 3. The van der Waals surface area contributed by atoms with Crippen molar-refractivity contribution in [1.29, 1.82) is 0 Å². The van der Waals surface area contributed by atoms with Gasteiger partial charge in [0.25, 0.3) is 0 Å². The minimum atomic E-state index is -0.635. The van der Waals surface area contributed by atoms with Crippen molar-refractivity contribution in [3.8, 4) is 0 Å². The van der Waals surface area contributed by atoms with Crippen LogP contribution in [0.5, 0.6) is 0 Å². The van der Waals surface area contributed by atoms with E-state index < -0.39 is 12.1 Å². The summed E-state index contributed by atoms with van der Waals surface area (Å²) in [4.78, 5) is 24.0. The maximum absolute atomic E-state index is 12.4. The van der Waals surface area contributed by atoms with Gasteiger partial charge in [0.1, 0.15) is 6.04 Å². The Labute approximate surface area is 139 Å². The molecule has 0 aliphatic rings. The van der Waals surface area contributed by atoms with E-state index in [0.717, 1.165) is 10.0 Å². The number of amides is 2. The van der Waals surface area contributed by atoms with Gasteiger partial charge in [0.05, 0.1) is 12.6 Å². The normalized spacial score (nSPS) is 13.4. The van der Waals surface area contributed by atoms with Crippen molar-refractivity contribution in [2.24, 2.45) is 5.92 Å². The highest BCUT2D eigenvalue weighted by atomic mass is 79.9. The number of halogens is 1. The Morgan fingerprint density at radius 3 is 2.36 bits per heavy atom. The van der Waals surface area contributed by atoms with Crippen molar-refractivity contribution in [1.82, 2.24) is 10.6 Å². The highest BCUT2D eigenvalue weighted by molar-refractivity contribution is 9.10. The predicted octanol–water partition coefficient (Wildman–Crippen LogP) is 3.40. The lowest BCUT2D eigenvalue weighted by Gasteiger charge is -2.24. The first-order valence-electron chi connectivity index (χ1n) is 7.34. The van der Waals surface area contributed by atoms with E-state index in [0.29, 0.717) is 0 Å². The lowest BCUT2D eigenvalue weighted by Crippen LogP contribution is -2.50. The molecule has 0 saturated heterocycles. The molecule has 0 spiro atoms. The van der Waals surface area contributed by atoms with Crippen LogP contribution >= 0.6 is 15.9 Å². The highest BCUT2D eigenvalue weighted by Crippen LogP contribution is 2.22. The molecule has 1 aromatic carbocycles. The average molecular weight is 371 g/mol. The van der Waals surface area contributed by atoms with Gasteiger partial charge in [-0.1, -0.05) is 48.0 Å². The van der Waals surface area contributed by atoms with Crippen LogP contribution in [0.15, 0.2) is 28.7 Å². The summed E-state index contributed by atoms with van der Waals surface area (Å²) in [5.74, 6) is -0.276. The lowest BCUT2D eigenvalue weighted by molar-refractivity contribution is -0.124. The molecule has 0 heterocycles. The standard InChI is InChI=1S/C16H23BrN2O3/c1-5-22-16(21)19-14(10(2)3)15(20)18-11(4)12-8-6-7-9-13(12)17/h6-11,14H,5H2,1-4H3,(H,18,20)(H,19,21)/t11-,14-/m0/s1. The molecular weight excluding hydrogens is 348 g/mol. The molecule has 0 aliphatic heterocycles. The summed E-state index contributed by atoms with van der Waals surface area (Å²) >= 11 is 3.47. The molecule has 0 unspecified atom stereocenters.